The molecular weight excluding hydrogens is 448 g/mol. The zero-order valence-corrected chi connectivity index (χ0v) is 21.5. The van der Waals surface area contributed by atoms with Gasteiger partial charge in [0.05, 0.1) is 23.5 Å². The van der Waals surface area contributed by atoms with E-state index in [1.807, 2.05) is 52.8 Å². The third-order valence-corrected chi connectivity index (χ3v) is 5.80. The Bertz CT molecular complexity index is 1110. The maximum Gasteiger partial charge on any atom is 0.242 e. The molecule has 3 rings (SSSR count). The van der Waals surface area contributed by atoms with E-state index >= 15 is 0 Å². The predicted molar refractivity (Wildman–Crippen MR) is 138 cm³/mol. The molecular formula is C27H35ClN4O2. The molecule has 7 heteroatoms. The van der Waals surface area contributed by atoms with Crippen molar-refractivity contribution < 1.29 is 9.59 Å². The van der Waals surface area contributed by atoms with Crippen LogP contribution in [0.5, 0.6) is 0 Å². The van der Waals surface area contributed by atoms with Crippen LogP contribution in [0.15, 0.2) is 48.5 Å². The molecule has 0 radical (unpaired) electrons. The van der Waals surface area contributed by atoms with Gasteiger partial charge in [0, 0.05) is 18.1 Å². The number of para-hydroxylation sites is 2. The minimum Gasteiger partial charge on any atom is -0.346 e. The van der Waals surface area contributed by atoms with Crippen LogP contribution >= 0.6 is 11.6 Å². The van der Waals surface area contributed by atoms with E-state index in [1.54, 1.807) is 12.1 Å². The number of rotatable bonds is 10. The lowest BCUT2D eigenvalue weighted by atomic mass is 10.1. The maximum atomic E-state index is 13.4. The number of aromatic nitrogens is 2. The molecule has 1 atom stereocenters. The van der Waals surface area contributed by atoms with Gasteiger partial charge in [0.15, 0.2) is 0 Å². The third kappa shape index (κ3) is 6.83. The summed E-state index contributed by atoms with van der Waals surface area (Å²) < 4.78 is 1.94. The Morgan fingerprint density at radius 2 is 1.59 bits per heavy atom. The van der Waals surface area contributed by atoms with Crippen LogP contribution in [0, 0.1) is 11.8 Å². The molecule has 0 saturated heterocycles. The molecule has 1 heterocycles. The summed E-state index contributed by atoms with van der Waals surface area (Å²) in [5.74, 6) is 1.39. The van der Waals surface area contributed by atoms with E-state index in [0.717, 1.165) is 16.6 Å². The lowest BCUT2D eigenvalue weighted by Crippen LogP contribution is -2.39. The van der Waals surface area contributed by atoms with Gasteiger partial charge in [0.25, 0.3) is 0 Å². The number of hydrogen-bond donors (Lipinski definition) is 1. The number of halogens is 1. The fraction of sp³-hybridized carbons (Fsp3) is 0.444. The number of carbonyl (C=O) groups excluding carboxylic acids is 2. The van der Waals surface area contributed by atoms with Gasteiger partial charge in [-0.25, -0.2) is 4.98 Å². The van der Waals surface area contributed by atoms with Crippen molar-refractivity contribution in [3.8, 4) is 0 Å². The van der Waals surface area contributed by atoms with Gasteiger partial charge in [-0.15, -0.1) is 0 Å². The van der Waals surface area contributed by atoms with Crippen molar-refractivity contribution in [2.45, 2.75) is 53.6 Å². The smallest absolute Gasteiger partial charge is 0.242 e. The van der Waals surface area contributed by atoms with E-state index < -0.39 is 0 Å². The van der Waals surface area contributed by atoms with Crippen molar-refractivity contribution in [3.05, 3.63) is 64.9 Å². The Morgan fingerprint density at radius 1 is 0.971 bits per heavy atom. The summed E-state index contributed by atoms with van der Waals surface area (Å²) in [6.07, 6.45) is 0.247. The molecule has 1 unspecified atom stereocenters. The van der Waals surface area contributed by atoms with Gasteiger partial charge in [-0.2, -0.15) is 0 Å². The lowest BCUT2D eigenvalue weighted by Gasteiger charge is -2.27. The van der Waals surface area contributed by atoms with Gasteiger partial charge in [0.2, 0.25) is 11.8 Å². The molecule has 0 aliphatic carbocycles. The van der Waals surface area contributed by atoms with Crippen LogP contribution in [0.3, 0.4) is 0 Å². The molecule has 2 aromatic carbocycles. The van der Waals surface area contributed by atoms with Crippen molar-refractivity contribution in [3.63, 3.8) is 0 Å². The van der Waals surface area contributed by atoms with Crippen molar-refractivity contribution in [1.29, 1.82) is 0 Å². The van der Waals surface area contributed by atoms with Gasteiger partial charge in [-0.1, -0.05) is 63.6 Å². The highest BCUT2D eigenvalue weighted by Crippen LogP contribution is 2.22. The van der Waals surface area contributed by atoms with Gasteiger partial charge in [0.1, 0.15) is 12.4 Å². The normalized spacial score (nSPS) is 12.4. The molecule has 1 N–H and O–H groups in total. The summed E-state index contributed by atoms with van der Waals surface area (Å²) in [5.41, 5.74) is 2.58. The highest BCUT2D eigenvalue weighted by Gasteiger charge is 2.23. The summed E-state index contributed by atoms with van der Waals surface area (Å²) in [4.78, 5) is 32.8. The predicted octanol–water partition coefficient (Wildman–Crippen LogP) is 5.25. The molecule has 0 spiro atoms. The zero-order chi connectivity index (χ0) is 24.8. The SMILES string of the molecule is CC(C)CN(CC(C)C)C(=O)Cn1c(C(C)NC(=O)Cc2ccc(Cl)cc2)nc2ccccc21. The number of imidazole rings is 1. The fourth-order valence-corrected chi connectivity index (χ4v) is 4.26. The summed E-state index contributed by atoms with van der Waals surface area (Å²) >= 11 is 5.95. The minimum absolute atomic E-state index is 0.0616. The van der Waals surface area contributed by atoms with Crippen molar-refractivity contribution in [2.24, 2.45) is 11.8 Å². The first kappa shape index (κ1) is 25.8. The van der Waals surface area contributed by atoms with Crippen LogP contribution < -0.4 is 5.32 Å². The second kappa shape index (κ2) is 11.5. The van der Waals surface area contributed by atoms with Gasteiger partial charge >= 0.3 is 0 Å². The van der Waals surface area contributed by atoms with Crippen LogP contribution in [0.4, 0.5) is 0 Å². The van der Waals surface area contributed by atoms with Crippen molar-refractivity contribution in [1.82, 2.24) is 19.8 Å². The summed E-state index contributed by atoms with van der Waals surface area (Å²) in [6, 6.07) is 14.7. The van der Waals surface area contributed by atoms with Crippen LogP contribution in [0.25, 0.3) is 11.0 Å². The Kier molecular flexibility index (Phi) is 8.72. The van der Waals surface area contributed by atoms with Crippen LogP contribution in [0.1, 0.15) is 52.0 Å². The highest BCUT2D eigenvalue weighted by atomic mass is 35.5. The first-order chi connectivity index (χ1) is 16.1. The monoisotopic (exact) mass is 482 g/mol. The van der Waals surface area contributed by atoms with Crippen LogP contribution in [0.2, 0.25) is 5.02 Å². The van der Waals surface area contributed by atoms with Crippen molar-refractivity contribution >= 4 is 34.4 Å². The summed E-state index contributed by atoms with van der Waals surface area (Å²) in [5, 5.41) is 3.69. The number of amides is 2. The fourth-order valence-electron chi connectivity index (χ4n) is 4.13. The van der Waals surface area contributed by atoms with E-state index in [-0.39, 0.29) is 30.8 Å². The quantitative estimate of drug-likeness (QED) is 0.429. The van der Waals surface area contributed by atoms with Gasteiger partial charge in [-0.05, 0) is 48.6 Å². The average molecular weight is 483 g/mol. The highest BCUT2D eigenvalue weighted by molar-refractivity contribution is 6.30. The molecule has 182 valence electrons. The molecule has 0 fully saturated rings. The molecule has 3 aromatic rings. The number of fused-ring (bicyclic) bond motifs is 1. The molecule has 0 aliphatic heterocycles. The first-order valence-corrected chi connectivity index (χ1v) is 12.3. The molecule has 0 aliphatic rings. The standard InChI is InChI=1S/C27H35ClN4O2/c1-18(2)15-31(16-19(3)4)26(34)17-32-24-9-7-6-8-23(24)30-27(32)20(5)29-25(33)14-21-10-12-22(28)13-11-21/h6-13,18-20H,14-17H2,1-5H3,(H,29,33). The lowest BCUT2D eigenvalue weighted by molar-refractivity contribution is -0.132. The molecule has 34 heavy (non-hydrogen) atoms. The van der Waals surface area contributed by atoms with Crippen molar-refractivity contribution in [2.75, 3.05) is 13.1 Å². The maximum absolute atomic E-state index is 13.4. The zero-order valence-electron chi connectivity index (χ0n) is 20.7. The van der Waals surface area contributed by atoms with Gasteiger partial charge < -0.3 is 14.8 Å². The van der Waals surface area contributed by atoms with E-state index in [9.17, 15) is 9.59 Å². The Labute approximate surface area is 207 Å². The second-order valence-corrected chi connectivity index (χ2v) is 10.2. The molecule has 6 nitrogen and oxygen atoms in total. The van der Waals surface area contributed by atoms with Crippen LogP contribution in [-0.2, 0) is 22.6 Å². The Morgan fingerprint density at radius 3 is 2.21 bits per heavy atom. The first-order valence-electron chi connectivity index (χ1n) is 11.9. The molecule has 0 saturated carbocycles. The second-order valence-electron chi connectivity index (χ2n) is 9.72. The molecule has 0 bridgehead atoms. The van der Waals surface area contributed by atoms with E-state index in [1.165, 1.54) is 0 Å². The summed E-state index contributed by atoms with van der Waals surface area (Å²) in [7, 11) is 0. The Balaban J connectivity index is 1.83. The van der Waals surface area contributed by atoms with E-state index in [0.29, 0.717) is 35.8 Å². The third-order valence-electron chi connectivity index (χ3n) is 5.54. The minimum atomic E-state index is -0.358. The van der Waals surface area contributed by atoms with E-state index in [2.05, 4.69) is 33.0 Å². The number of nitrogens with zero attached hydrogens (tertiary/aromatic N) is 3. The summed E-state index contributed by atoms with van der Waals surface area (Å²) in [6.45, 7) is 12.0. The van der Waals surface area contributed by atoms with Gasteiger partial charge in [-0.3, -0.25) is 9.59 Å². The number of hydrogen-bond acceptors (Lipinski definition) is 3. The number of nitrogens with one attached hydrogen (secondary N) is 1. The molecule has 1 aromatic heterocycles. The number of carbonyl (C=O) groups is 2. The van der Waals surface area contributed by atoms with Crippen LogP contribution in [-0.4, -0.2) is 39.4 Å². The average Bonchev–Trinajstić information content (AvgIpc) is 3.13. The van der Waals surface area contributed by atoms with E-state index in [4.69, 9.17) is 16.6 Å². The number of benzene rings is 2. The topological polar surface area (TPSA) is 67.2 Å². The largest absolute Gasteiger partial charge is 0.346 e. The Hall–Kier alpha value is -2.86. The molecule has 2 amide bonds.